The zero-order valence-corrected chi connectivity index (χ0v) is 6.86. The van der Waals surface area contributed by atoms with Gasteiger partial charge in [0.25, 0.3) is 0 Å². The lowest BCUT2D eigenvalue weighted by molar-refractivity contribution is -0.119. The predicted molar refractivity (Wildman–Crippen MR) is 45.7 cm³/mol. The Bertz CT molecular complexity index is 310. The van der Waals surface area contributed by atoms with E-state index >= 15 is 0 Å². The molecule has 3 amide bonds. The molecule has 5 heteroatoms. The molecule has 0 fully saturated rings. The van der Waals surface area contributed by atoms with Crippen LogP contribution >= 0.6 is 0 Å². The van der Waals surface area contributed by atoms with Gasteiger partial charge in [-0.15, -0.1) is 0 Å². The van der Waals surface area contributed by atoms with Gasteiger partial charge in [-0.2, -0.15) is 0 Å². The number of hydrogen-bond acceptors (Lipinski definition) is 3. The van der Waals surface area contributed by atoms with Gasteiger partial charge in [-0.3, -0.25) is 15.1 Å². The van der Waals surface area contributed by atoms with Crippen molar-refractivity contribution in [2.75, 3.05) is 0 Å². The van der Waals surface area contributed by atoms with E-state index in [9.17, 15) is 9.59 Å². The summed E-state index contributed by atoms with van der Waals surface area (Å²) < 4.78 is 0. The Morgan fingerprint density at radius 3 is 2.77 bits per heavy atom. The topological polar surface area (TPSA) is 85.1 Å². The molecule has 1 aromatic rings. The Hall–Kier alpha value is -1.91. The van der Waals surface area contributed by atoms with E-state index in [1.807, 2.05) is 5.32 Å². The van der Waals surface area contributed by atoms with Gasteiger partial charge in [0.2, 0.25) is 5.91 Å². The van der Waals surface area contributed by atoms with Crippen molar-refractivity contribution in [3.05, 3.63) is 30.1 Å². The molecular formula is C8H9N3O2. The van der Waals surface area contributed by atoms with E-state index in [0.717, 1.165) is 0 Å². The van der Waals surface area contributed by atoms with E-state index in [2.05, 4.69) is 4.98 Å². The SMILES string of the molecule is NC(=O)NC(=O)Cc1ccccn1. The van der Waals surface area contributed by atoms with Crippen LogP contribution < -0.4 is 11.1 Å². The molecule has 0 aliphatic heterocycles. The van der Waals surface area contributed by atoms with E-state index < -0.39 is 11.9 Å². The van der Waals surface area contributed by atoms with Crippen molar-refractivity contribution in [3.63, 3.8) is 0 Å². The van der Waals surface area contributed by atoms with Crippen LogP contribution in [-0.2, 0) is 11.2 Å². The van der Waals surface area contributed by atoms with Crippen LogP contribution in [0.3, 0.4) is 0 Å². The molecule has 68 valence electrons. The first-order valence-corrected chi connectivity index (χ1v) is 3.67. The van der Waals surface area contributed by atoms with E-state index in [1.54, 1.807) is 24.4 Å². The van der Waals surface area contributed by atoms with Gasteiger partial charge in [-0.1, -0.05) is 6.07 Å². The molecular weight excluding hydrogens is 170 g/mol. The first kappa shape index (κ1) is 9.18. The van der Waals surface area contributed by atoms with Crippen molar-refractivity contribution < 1.29 is 9.59 Å². The van der Waals surface area contributed by atoms with Crippen LogP contribution in [0.4, 0.5) is 4.79 Å². The molecule has 0 spiro atoms. The summed E-state index contributed by atoms with van der Waals surface area (Å²) in [5, 5.41) is 1.95. The molecule has 0 bridgehead atoms. The summed E-state index contributed by atoms with van der Waals surface area (Å²) in [5.41, 5.74) is 5.35. The lowest BCUT2D eigenvalue weighted by Crippen LogP contribution is -2.36. The number of amides is 3. The van der Waals surface area contributed by atoms with Crippen LogP contribution in [0.15, 0.2) is 24.4 Å². The van der Waals surface area contributed by atoms with Gasteiger partial charge >= 0.3 is 6.03 Å². The maximum Gasteiger partial charge on any atom is 0.318 e. The highest BCUT2D eigenvalue weighted by Gasteiger charge is 2.05. The summed E-state index contributed by atoms with van der Waals surface area (Å²) in [4.78, 5) is 25.2. The van der Waals surface area contributed by atoms with Crippen molar-refractivity contribution >= 4 is 11.9 Å². The normalized spacial score (nSPS) is 9.23. The molecule has 3 N–H and O–H groups in total. The molecule has 0 aliphatic rings. The standard InChI is InChI=1S/C8H9N3O2/c9-8(13)11-7(12)5-6-3-1-2-4-10-6/h1-4H,5H2,(H3,9,11,12,13). The quantitative estimate of drug-likeness (QED) is 0.660. The minimum atomic E-state index is -0.846. The molecule has 0 atom stereocenters. The number of urea groups is 1. The number of carbonyl (C=O) groups excluding carboxylic acids is 2. The van der Waals surface area contributed by atoms with Gasteiger partial charge in [0.15, 0.2) is 0 Å². The van der Waals surface area contributed by atoms with Crippen molar-refractivity contribution in [3.8, 4) is 0 Å². The number of nitrogens with zero attached hydrogens (tertiary/aromatic N) is 1. The molecule has 0 radical (unpaired) electrons. The van der Waals surface area contributed by atoms with Gasteiger partial charge in [0.1, 0.15) is 0 Å². The fraction of sp³-hybridized carbons (Fsp3) is 0.125. The van der Waals surface area contributed by atoms with E-state index in [0.29, 0.717) is 5.69 Å². The molecule has 0 aliphatic carbocycles. The minimum Gasteiger partial charge on any atom is -0.351 e. The number of nitrogens with two attached hydrogens (primary N) is 1. The van der Waals surface area contributed by atoms with Crippen LogP contribution in [0.1, 0.15) is 5.69 Å². The summed E-state index contributed by atoms with van der Waals surface area (Å²) in [7, 11) is 0. The van der Waals surface area contributed by atoms with Crippen LogP contribution in [0, 0.1) is 0 Å². The third-order valence-electron chi connectivity index (χ3n) is 1.33. The third-order valence-corrected chi connectivity index (χ3v) is 1.33. The van der Waals surface area contributed by atoms with Crippen LogP contribution in [0.5, 0.6) is 0 Å². The van der Waals surface area contributed by atoms with E-state index in [-0.39, 0.29) is 6.42 Å². The average molecular weight is 179 g/mol. The van der Waals surface area contributed by atoms with Crippen LogP contribution in [0.2, 0.25) is 0 Å². The molecule has 0 aromatic carbocycles. The summed E-state index contributed by atoms with van der Waals surface area (Å²) in [5.74, 6) is -0.453. The highest BCUT2D eigenvalue weighted by atomic mass is 16.2. The molecule has 0 saturated carbocycles. The monoisotopic (exact) mass is 179 g/mol. The van der Waals surface area contributed by atoms with Gasteiger partial charge in [-0.05, 0) is 12.1 Å². The van der Waals surface area contributed by atoms with E-state index in [1.165, 1.54) is 0 Å². The molecule has 13 heavy (non-hydrogen) atoms. The highest BCUT2D eigenvalue weighted by Crippen LogP contribution is 1.93. The lowest BCUT2D eigenvalue weighted by atomic mass is 10.2. The van der Waals surface area contributed by atoms with Gasteiger partial charge in [0, 0.05) is 11.9 Å². The Morgan fingerprint density at radius 2 is 2.23 bits per heavy atom. The Morgan fingerprint density at radius 1 is 1.46 bits per heavy atom. The summed E-state index contributed by atoms with van der Waals surface area (Å²) in [6.45, 7) is 0. The van der Waals surface area contributed by atoms with Crippen molar-refractivity contribution in [2.24, 2.45) is 5.73 Å². The predicted octanol–water partition coefficient (Wildman–Crippen LogP) is -0.181. The molecule has 1 aromatic heterocycles. The first-order valence-electron chi connectivity index (χ1n) is 3.67. The van der Waals surface area contributed by atoms with Gasteiger partial charge < -0.3 is 5.73 Å². The summed E-state index contributed by atoms with van der Waals surface area (Å²) in [6, 6.07) is 4.36. The second-order valence-electron chi connectivity index (χ2n) is 2.41. The number of pyridine rings is 1. The van der Waals surface area contributed by atoms with E-state index in [4.69, 9.17) is 5.73 Å². The molecule has 1 rings (SSSR count). The smallest absolute Gasteiger partial charge is 0.318 e. The Balaban J connectivity index is 2.50. The Kier molecular flexibility index (Phi) is 2.97. The van der Waals surface area contributed by atoms with Gasteiger partial charge in [-0.25, -0.2) is 4.79 Å². The second-order valence-corrected chi connectivity index (χ2v) is 2.41. The van der Waals surface area contributed by atoms with Gasteiger partial charge in [0.05, 0.1) is 6.42 Å². The largest absolute Gasteiger partial charge is 0.351 e. The number of nitrogens with one attached hydrogen (secondary N) is 1. The number of imide groups is 1. The number of carbonyl (C=O) groups is 2. The zero-order valence-electron chi connectivity index (χ0n) is 6.86. The van der Waals surface area contributed by atoms with Crippen LogP contribution in [-0.4, -0.2) is 16.9 Å². The maximum atomic E-state index is 11.0. The maximum absolute atomic E-state index is 11.0. The molecule has 0 unspecified atom stereocenters. The van der Waals surface area contributed by atoms with Crippen molar-refractivity contribution in [2.45, 2.75) is 6.42 Å². The lowest BCUT2D eigenvalue weighted by Gasteiger charge is -1.99. The van der Waals surface area contributed by atoms with Crippen molar-refractivity contribution in [1.82, 2.24) is 10.3 Å². The van der Waals surface area contributed by atoms with Crippen molar-refractivity contribution in [1.29, 1.82) is 0 Å². The second kappa shape index (κ2) is 4.20. The molecule has 1 heterocycles. The number of hydrogen-bond donors (Lipinski definition) is 2. The average Bonchev–Trinajstić information content (AvgIpc) is 2.04. The summed E-state index contributed by atoms with van der Waals surface area (Å²) in [6.07, 6.45) is 1.64. The molecule has 0 saturated heterocycles. The fourth-order valence-corrected chi connectivity index (χ4v) is 0.849. The fourth-order valence-electron chi connectivity index (χ4n) is 0.849. The van der Waals surface area contributed by atoms with Crippen LogP contribution in [0.25, 0.3) is 0 Å². The number of primary amides is 1. The number of aromatic nitrogens is 1. The third kappa shape index (κ3) is 3.33. The number of rotatable bonds is 2. The zero-order chi connectivity index (χ0) is 9.68. The molecule has 5 nitrogen and oxygen atoms in total. The highest BCUT2D eigenvalue weighted by molar-refractivity contribution is 5.94. The Labute approximate surface area is 75.0 Å². The summed E-state index contributed by atoms with van der Waals surface area (Å²) >= 11 is 0. The first-order chi connectivity index (χ1) is 6.18. The minimum absolute atomic E-state index is 0.0593.